The van der Waals surface area contributed by atoms with E-state index in [0.717, 1.165) is 18.6 Å². The molecular formula is C23H25N3O4. The van der Waals surface area contributed by atoms with Crippen molar-refractivity contribution >= 4 is 29.1 Å². The summed E-state index contributed by atoms with van der Waals surface area (Å²) >= 11 is 0. The maximum absolute atomic E-state index is 13.4. The van der Waals surface area contributed by atoms with E-state index in [1.807, 2.05) is 0 Å². The van der Waals surface area contributed by atoms with Crippen molar-refractivity contribution in [1.29, 1.82) is 0 Å². The molecular weight excluding hydrogens is 382 g/mol. The normalized spacial score (nSPS) is 20.1. The third kappa shape index (κ3) is 3.10. The molecule has 2 aromatic carbocycles. The Balaban J connectivity index is 1.61. The van der Waals surface area contributed by atoms with Gasteiger partial charge >= 0.3 is 0 Å². The summed E-state index contributed by atoms with van der Waals surface area (Å²) in [5, 5.41) is 2.89. The number of carbonyl (C=O) groups is 3. The maximum Gasteiger partial charge on any atom is 0.271 e. The fourth-order valence-electron chi connectivity index (χ4n) is 4.13. The molecule has 1 atom stereocenters. The lowest BCUT2D eigenvalue weighted by atomic mass is 9.96. The Labute approximate surface area is 175 Å². The molecule has 156 valence electrons. The van der Waals surface area contributed by atoms with Crippen molar-refractivity contribution < 1.29 is 19.1 Å². The molecule has 2 aliphatic heterocycles. The Morgan fingerprint density at radius 2 is 1.87 bits per heavy atom. The van der Waals surface area contributed by atoms with Crippen molar-refractivity contribution in [3.05, 3.63) is 54.1 Å². The number of nitrogens with zero attached hydrogens (tertiary/aromatic N) is 2. The molecule has 30 heavy (non-hydrogen) atoms. The van der Waals surface area contributed by atoms with E-state index < -0.39 is 11.6 Å². The molecule has 0 radical (unpaired) electrons. The summed E-state index contributed by atoms with van der Waals surface area (Å²) < 4.78 is 5.66. The van der Waals surface area contributed by atoms with Crippen LogP contribution >= 0.6 is 0 Å². The molecule has 7 heteroatoms. The summed E-state index contributed by atoms with van der Waals surface area (Å²) in [6.07, 6.45) is 2.48. The van der Waals surface area contributed by atoms with Crippen LogP contribution in [-0.2, 0) is 9.59 Å². The zero-order valence-electron chi connectivity index (χ0n) is 17.2. The standard InChI is InChI=1S/C23H25N3O4/c1-3-4-15-30-17-11-9-16(10-12-17)24-22(29)23-14-13-20(27)26(23)19-8-6-5-7-18(19)21(28)25(23)2/h5-12H,3-4,13-15H2,1-2H3,(H,24,29)/t23-/m1/s1. The van der Waals surface area contributed by atoms with Gasteiger partial charge in [-0.25, -0.2) is 0 Å². The Bertz CT molecular complexity index is 988. The second kappa shape index (κ2) is 7.82. The first-order chi connectivity index (χ1) is 14.5. The van der Waals surface area contributed by atoms with E-state index in [0.29, 0.717) is 23.5 Å². The van der Waals surface area contributed by atoms with Crippen LogP contribution in [0.4, 0.5) is 11.4 Å². The number of anilines is 2. The van der Waals surface area contributed by atoms with Gasteiger partial charge in [0, 0.05) is 25.6 Å². The van der Waals surface area contributed by atoms with Crippen molar-refractivity contribution in [1.82, 2.24) is 4.90 Å². The smallest absolute Gasteiger partial charge is 0.271 e. The number of hydrogen-bond acceptors (Lipinski definition) is 4. The first-order valence-electron chi connectivity index (χ1n) is 10.2. The van der Waals surface area contributed by atoms with Gasteiger partial charge in [-0.1, -0.05) is 25.5 Å². The van der Waals surface area contributed by atoms with Crippen LogP contribution in [-0.4, -0.2) is 41.9 Å². The summed E-state index contributed by atoms with van der Waals surface area (Å²) in [5.41, 5.74) is 0.111. The fourth-order valence-corrected chi connectivity index (χ4v) is 4.13. The van der Waals surface area contributed by atoms with Gasteiger partial charge in [0.1, 0.15) is 5.75 Å². The molecule has 0 aliphatic carbocycles. The van der Waals surface area contributed by atoms with Crippen LogP contribution in [0.1, 0.15) is 43.0 Å². The van der Waals surface area contributed by atoms with E-state index in [4.69, 9.17) is 4.74 Å². The quantitative estimate of drug-likeness (QED) is 0.745. The van der Waals surface area contributed by atoms with Gasteiger partial charge in [0.05, 0.1) is 17.9 Å². The Morgan fingerprint density at radius 1 is 1.13 bits per heavy atom. The highest BCUT2D eigenvalue weighted by atomic mass is 16.5. The molecule has 1 N–H and O–H groups in total. The molecule has 7 nitrogen and oxygen atoms in total. The third-order valence-corrected chi connectivity index (χ3v) is 5.78. The molecule has 3 amide bonds. The lowest BCUT2D eigenvalue weighted by Crippen LogP contribution is -2.68. The van der Waals surface area contributed by atoms with Gasteiger partial charge in [-0.3, -0.25) is 19.3 Å². The van der Waals surface area contributed by atoms with Gasteiger partial charge in [0.25, 0.3) is 11.8 Å². The van der Waals surface area contributed by atoms with Gasteiger partial charge < -0.3 is 15.0 Å². The molecule has 0 saturated carbocycles. The van der Waals surface area contributed by atoms with E-state index in [1.54, 1.807) is 55.6 Å². The van der Waals surface area contributed by atoms with Crippen molar-refractivity contribution in [3.63, 3.8) is 0 Å². The molecule has 1 fully saturated rings. The molecule has 4 rings (SSSR count). The summed E-state index contributed by atoms with van der Waals surface area (Å²) in [5.74, 6) is -0.113. The number of ether oxygens (including phenoxy) is 1. The first kappa shape index (κ1) is 19.9. The molecule has 0 spiro atoms. The highest BCUT2D eigenvalue weighted by molar-refractivity contribution is 6.18. The van der Waals surface area contributed by atoms with Gasteiger partial charge in [-0.2, -0.15) is 0 Å². The number of likely N-dealkylation sites (N-methyl/N-ethyl adjacent to an activating group) is 1. The van der Waals surface area contributed by atoms with Crippen molar-refractivity contribution in [3.8, 4) is 5.75 Å². The van der Waals surface area contributed by atoms with Crippen molar-refractivity contribution in [2.45, 2.75) is 38.3 Å². The lowest BCUT2D eigenvalue weighted by molar-refractivity contribution is -0.128. The summed E-state index contributed by atoms with van der Waals surface area (Å²) in [4.78, 5) is 42.0. The molecule has 2 aliphatic rings. The van der Waals surface area contributed by atoms with Crippen molar-refractivity contribution in [2.24, 2.45) is 0 Å². The Hall–Kier alpha value is -3.35. The van der Waals surface area contributed by atoms with Crippen LogP contribution in [0.3, 0.4) is 0 Å². The van der Waals surface area contributed by atoms with Crippen LogP contribution in [0.25, 0.3) is 0 Å². The number of amides is 3. The van der Waals surface area contributed by atoms with Gasteiger partial charge in [0.2, 0.25) is 11.6 Å². The minimum atomic E-state index is -1.38. The van der Waals surface area contributed by atoms with E-state index in [2.05, 4.69) is 12.2 Å². The largest absolute Gasteiger partial charge is 0.494 e. The summed E-state index contributed by atoms with van der Waals surface area (Å²) in [7, 11) is 1.58. The van der Waals surface area contributed by atoms with Gasteiger partial charge in [-0.05, 0) is 42.8 Å². The van der Waals surface area contributed by atoms with Crippen LogP contribution in [0, 0.1) is 0 Å². The zero-order valence-corrected chi connectivity index (χ0v) is 17.2. The topological polar surface area (TPSA) is 79.0 Å². The Morgan fingerprint density at radius 3 is 2.60 bits per heavy atom. The monoisotopic (exact) mass is 407 g/mol. The predicted molar refractivity (Wildman–Crippen MR) is 113 cm³/mol. The van der Waals surface area contributed by atoms with E-state index in [1.165, 1.54) is 9.80 Å². The first-order valence-corrected chi connectivity index (χ1v) is 10.2. The van der Waals surface area contributed by atoms with Crippen molar-refractivity contribution in [2.75, 3.05) is 23.9 Å². The SMILES string of the molecule is CCCCOc1ccc(NC(=O)[C@@]23CCC(=O)N2c2ccccc2C(=O)N3C)cc1. The number of unbranched alkanes of at least 4 members (excludes halogenated alkanes) is 1. The van der Waals surface area contributed by atoms with Gasteiger partial charge in [0.15, 0.2) is 0 Å². The molecule has 2 aromatic rings. The minimum Gasteiger partial charge on any atom is -0.494 e. The molecule has 2 heterocycles. The zero-order chi connectivity index (χ0) is 21.3. The van der Waals surface area contributed by atoms with Crippen LogP contribution in [0.15, 0.2) is 48.5 Å². The van der Waals surface area contributed by atoms with E-state index >= 15 is 0 Å². The minimum absolute atomic E-state index is 0.170. The lowest BCUT2D eigenvalue weighted by Gasteiger charge is -2.47. The number of fused-ring (bicyclic) bond motifs is 3. The number of hydrogen-bond donors (Lipinski definition) is 1. The van der Waals surface area contributed by atoms with Crippen LogP contribution in [0.2, 0.25) is 0 Å². The average molecular weight is 407 g/mol. The van der Waals surface area contributed by atoms with Crippen LogP contribution in [0.5, 0.6) is 5.75 Å². The highest BCUT2D eigenvalue weighted by Crippen LogP contribution is 2.44. The fraction of sp³-hybridized carbons (Fsp3) is 0.348. The number of carbonyl (C=O) groups excluding carboxylic acids is 3. The molecule has 0 unspecified atom stereocenters. The number of benzene rings is 2. The second-order valence-corrected chi connectivity index (χ2v) is 7.61. The maximum atomic E-state index is 13.4. The van der Waals surface area contributed by atoms with Gasteiger partial charge in [-0.15, -0.1) is 0 Å². The molecule has 1 saturated heterocycles. The average Bonchev–Trinajstić information content (AvgIpc) is 3.12. The third-order valence-electron chi connectivity index (χ3n) is 5.78. The number of para-hydroxylation sites is 1. The predicted octanol–water partition coefficient (Wildman–Crippen LogP) is 3.41. The number of nitrogens with one attached hydrogen (secondary N) is 1. The second-order valence-electron chi connectivity index (χ2n) is 7.61. The van der Waals surface area contributed by atoms with E-state index in [-0.39, 0.29) is 24.7 Å². The number of rotatable bonds is 6. The van der Waals surface area contributed by atoms with Crippen LogP contribution < -0.4 is 15.0 Å². The van der Waals surface area contributed by atoms with E-state index in [9.17, 15) is 14.4 Å². The molecule has 0 aromatic heterocycles. The summed E-state index contributed by atoms with van der Waals surface area (Å²) in [6.45, 7) is 2.75. The summed E-state index contributed by atoms with van der Waals surface area (Å²) in [6, 6.07) is 14.0. The Kier molecular flexibility index (Phi) is 5.20. The molecule has 0 bridgehead atoms. The highest BCUT2D eigenvalue weighted by Gasteiger charge is 2.59.